The third-order valence-electron chi connectivity index (χ3n) is 1.43. The molecule has 10 heavy (non-hydrogen) atoms. The van der Waals surface area contributed by atoms with Crippen LogP contribution in [0.4, 0.5) is 0 Å². The Morgan fingerprint density at radius 3 is 2.70 bits per heavy atom. The summed E-state index contributed by atoms with van der Waals surface area (Å²) in [5.41, 5.74) is -0.230. The van der Waals surface area contributed by atoms with E-state index in [9.17, 15) is 14.9 Å². The molecule has 0 N–H and O–H groups in total. The van der Waals surface area contributed by atoms with Gasteiger partial charge in [-0.15, -0.1) is 0 Å². The van der Waals surface area contributed by atoms with Gasteiger partial charge in [0.25, 0.3) is 0 Å². The molecule has 0 atom stereocenters. The fourth-order valence-corrected chi connectivity index (χ4v) is 0.920. The Morgan fingerprint density at radius 2 is 2.30 bits per heavy atom. The maximum absolute atomic E-state index is 10.7. The van der Waals surface area contributed by atoms with Gasteiger partial charge >= 0.3 is 5.70 Å². The van der Waals surface area contributed by atoms with E-state index in [-0.39, 0.29) is 11.5 Å². The number of ketones is 1. The van der Waals surface area contributed by atoms with Gasteiger partial charge in [-0.2, -0.15) is 0 Å². The van der Waals surface area contributed by atoms with E-state index in [1.807, 2.05) is 0 Å². The first-order valence-electron chi connectivity index (χ1n) is 3.09. The molecule has 54 valence electrons. The summed E-state index contributed by atoms with van der Waals surface area (Å²) < 4.78 is 0. The second-order valence-corrected chi connectivity index (χ2v) is 2.16. The highest BCUT2D eigenvalue weighted by Crippen LogP contribution is 2.13. The number of carbonyl (C=O) groups excluding carboxylic acids is 1. The lowest BCUT2D eigenvalue weighted by molar-refractivity contribution is -0.419. The lowest BCUT2D eigenvalue weighted by Gasteiger charge is -2.02. The van der Waals surface area contributed by atoms with Gasteiger partial charge in [0, 0.05) is 6.42 Å². The first kappa shape index (κ1) is 6.92. The third kappa shape index (κ3) is 1.21. The van der Waals surface area contributed by atoms with Gasteiger partial charge in [0.2, 0.25) is 5.78 Å². The molecular weight excluding hydrogens is 134 g/mol. The first-order valence-corrected chi connectivity index (χ1v) is 3.09. The molecule has 1 aliphatic carbocycles. The smallest absolute Gasteiger partial charge is 0.287 e. The second-order valence-electron chi connectivity index (χ2n) is 2.16. The molecule has 0 aromatic rings. The lowest BCUT2D eigenvalue weighted by Crippen LogP contribution is -2.13. The summed E-state index contributed by atoms with van der Waals surface area (Å²) in [5.74, 6) is -0.337. The van der Waals surface area contributed by atoms with Crippen LogP contribution >= 0.6 is 0 Å². The Bertz CT molecular complexity index is 207. The molecule has 0 aromatic heterocycles. The van der Waals surface area contributed by atoms with Crippen molar-refractivity contribution >= 4 is 5.78 Å². The predicted molar refractivity (Wildman–Crippen MR) is 33.9 cm³/mol. The number of nitrogens with zero attached hydrogens (tertiary/aromatic N) is 1. The van der Waals surface area contributed by atoms with Crippen LogP contribution in [0.1, 0.15) is 19.3 Å². The maximum atomic E-state index is 10.7. The average Bonchev–Trinajstić information content (AvgIpc) is 1.88. The largest absolute Gasteiger partial charge is 0.308 e. The Labute approximate surface area is 57.7 Å². The highest BCUT2D eigenvalue weighted by Gasteiger charge is 2.23. The standard InChI is InChI=1S/C6H7NO3/c8-6-4-2-1-3-5(6)7(9)10/h3H,1-2,4H2. The minimum atomic E-state index is -0.610. The van der Waals surface area contributed by atoms with Crippen LogP contribution in [0.3, 0.4) is 0 Å². The maximum Gasteiger partial charge on any atom is 0.308 e. The minimum Gasteiger partial charge on any atom is -0.287 e. The van der Waals surface area contributed by atoms with Gasteiger partial charge < -0.3 is 0 Å². The van der Waals surface area contributed by atoms with E-state index in [1.165, 1.54) is 6.08 Å². The van der Waals surface area contributed by atoms with E-state index in [0.717, 1.165) is 6.42 Å². The van der Waals surface area contributed by atoms with Crippen LogP contribution in [-0.2, 0) is 4.79 Å². The van der Waals surface area contributed by atoms with E-state index in [0.29, 0.717) is 12.8 Å². The zero-order valence-electron chi connectivity index (χ0n) is 5.37. The third-order valence-corrected chi connectivity index (χ3v) is 1.43. The number of rotatable bonds is 1. The number of allylic oxidation sites excluding steroid dienone is 2. The number of carbonyl (C=O) groups is 1. The van der Waals surface area contributed by atoms with Crippen molar-refractivity contribution in [2.24, 2.45) is 0 Å². The monoisotopic (exact) mass is 141 g/mol. The summed E-state index contributed by atoms with van der Waals surface area (Å²) in [6.07, 6.45) is 3.12. The normalized spacial score (nSPS) is 18.4. The highest BCUT2D eigenvalue weighted by molar-refractivity contribution is 5.93. The zero-order chi connectivity index (χ0) is 7.56. The number of hydrogen-bond acceptors (Lipinski definition) is 3. The van der Waals surface area contributed by atoms with Crippen molar-refractivity contribution in [2.45, 2.75) is 19.3 Å². The van der Waals surface area contributed by atoms with Crippen molar-refractivity contribution in [3.8, 4) is 0 Å². The minimum absolute atomic E-state index is 0.230. The van der Waals surface area contributed by atoms with Crippen LogP contribution in [0.2, 0.25) is 0 Å². The summed E-state index contributed by atoms with van der Waals surface area (Å²) in [7, 11) is 0. The molecule has 0 bridgehead atoms. The molecule has 0 fully saturated rings. The molecule has 0 heterocycles. The molecule has 0 amide bonds. The van der Waals surface area contributed by atoms with Crippen LogP contribution in [0, 0.1) is 10.1 Å². The van der Waals surface area contributed by atoms with Crippen molar-refractivity contribution in [1.29, 1.82) is 0 Å². The van der Waals surface area contributed by atoms with E-state index < -0.39 is 4.92 Å². The number of Topliss-reactive ketones (excluding diaryl/α,β-unsaturated/α-hetero) is 1. The lowest BCUT2D eigenvalue weighted by atomic mass is 10.0. The molecule has 0 radical (unpaired) electrons. The zero-order valence-corrected chi connectivity index (χ0v) is 5.37. The Morgan fingerprint density at radius 1 is 1.60 bits per heavy atom. The van der Waals surface area contributed by atoms with E-state index >= 15 is 0 Å². The fourth-order valence-electron chi connectivity index (χ4n) is 0.920. The predicted octanol–water partition coefficient (Wildman–Crippen LogP) is 0.900. The van der Waals surface area contributed by atoms with Crippen LogP contribution in [0.15, 0.2) is 11.8 Å². The van der Waals surface area contributed by atoms with Crippen LogP contribution < -0.4 is 0 Å². The van der Waals surface area contributed by atoms with Crippen molar-refractivity contribution in [3.63, 3.8) is 0 Å². The number of hydrogen-bond donors (Lipinski definition) is 0. The fraction of sp³-hybridized carbons (Fsp3) is 0.500. The molecule has 0 unspecified atom stereocenters. The summed E-state index contributed by atoms with van der Waals surface area (Å²) in [4.78, 5) is 20.2. The van der Waals surface area contributed by atoms with E-state index in [1.54, 1.807) is 0 Å². The van der Waals surface area contributed by atoms with Gasteiger partial charge in [-0.05, 0) is 18.9 Å². The average molecular weight is 141 g/mol. The molecule has 4 heteroatoms. The van der Waals surface area contributed by atoms with Gasteiger partial charge in [-0.25, -0.2) is 0 Å². The summed E-state index contributed by atoms with van der Waals surface area (Å²) in [5, 5.41) is 10.1. The van der Waals surface area contributed by atoms with E-state index in [2.05, 4.69) is 0 Å². The first-order chi connectivity index (χ1) is 4.72. The molecule has 1 rings (SSSR count). The second kappa shape index (κ2) is 2.60. The molecular formula is C6H7NO3. The molecule has 0 aromatic carbocycles. The summed E-state index contributed by atoms with van der Waals surface area (Å²) in [6.45, 7) is 0. The van der Waals surface area contributed by atoms with Gasteiger partial charge in [-0.1, -0.05) is 0 Å². The van der Waals surface area contributed by atoms with Crippen molar-refractivity contribution < 1.29 is 9.72 Å². The van der Waals surface area contributed by atoms with Gasteiger partial charge in [0.1, 0.15) is 0 Å². The molecule has 0 saturated heterocycles. The summed E-state index contributed by atoms with van der Waals surface area (Å²) >= 11 is 0. The molecule has 0 spiro atoms. The Kier molecular flexibility index (Phi) is 1.80. The topological polar surface area (TPSA) is 60.2 Å². The van der Waals surface area contributed by atoms with Crippen molar-refractivity contribution in [2.75, 3.05) is 0 Å². The quantitative estimate of drug-likeness (QED) is 0.402. The molecule has 1 aliphatic rings. The van der Waals surface area contributed by atoms with Gasteiger partial charge in [0.05, 0.1) is 4.92 Å². The van der Waals surface area contributed by atoms with Gasteiger partial charge in [0.15, 0.2) is 0 Å². The van der Waals surface area contributed by atoms with Crippen LogP contribution in [0.5, 0.6) is 0 Å². The summed E-state index contributed by atoms with van der Waals surface area (Å²) in [6, 6.07) is 0. The van der Waals surface area contributed by atoms with Crippen molar-refractivity contribution in [1.82, 2.24) is 0 Å². The molecule has 4 nitrogen and oxygen atoms in total. The van der Waals surface area contributed by atoms with Crippen LogP contribution in [0.25, 0.3) is 0 Å². The van der Waals surface area contributed by atoms with E-state index in [4.69, 9.17) is 0 Å². The van der Waals surface area contributed by atoms with Crippen LogP contribution in [-0.4, -0.2) is 10.7 Å². The molecule has 0 saturated carbocycles. The van der Waals surface area contributed by atoms with Gasteiger partial charge in [-0.3, -0.25) is 14.9 Å². The van der Waals surface area contributed by atoms with Crippen molar-refractivity contribution in [3.05, 3.63) is 21.9 Å². The Balaban J connectivity index is 2.81. The highest BCUT2D eigenvalue weighted by atomic mass is 16.6. The number of nitro groups is 1. The Hall–Kier alpha value is -1.19. The SMILES string of the molecule is O=C1CCCC=C1[N+](=O)[O-]. The molecule has 0 aliphatic heterocycles.